The number of pyridine rings is 1. The van der Waals surface area contributed by atoms with E-state index in [4.69, 9.17) is 5.73 Å². The number of halogens is 1. The minimum Gasteiger partial charge on any atom is -0.508 e. The Bertz CT molecular complexity index is 1780. The predicted molar refractivity (Wildman–Crippen MR) is 157 cm³/mol. The molecule has 11 heteroatoms. The molecule has 6 rings (SSSR count). The summed E-state index contributed by atoms with van der Waals surface area (Å²) in [6, 6.07) is 13.3. The normalized spacial score (nSPS) is 19.9. The topological polar surface area (TPSA) is 135 Å². The van der Waals surface area contributed by atoms with Gasteiger partial charge in [0.2, 0.25) is 5.91 Å². The van der Waals surface area contributed by atoms with E-state index in [1.165, 1.54) is 9.13 Å². The van der Waals surface area contributed by atoms with Crippen LogP contribution < -0.4 is 22.3 Å². The van der Waals surface area contributed by atoms with Crippen molar-refractivity contribution < 1.29 is 14.3 Å². The van der Waals surface area contributed by atoms with Gasteiger partial charge in [0.05, 0.1) is 17.3 Å². The summed E-state index contributed by atoms with van der Waals surface area (Å²) < 4.78 is 16.9. The summed E-state index contributed by atoms with van der Waals surface area (Å²) in [6.07, 6.45) is 3.95. The van der Waals surface area contributed by atoms with Crippen LogP contribution in [0.4, 0.5) is 4.39 Å². The molecular formula is C31H33FN6O4. The van der Waals surface area contributed by atoms with Crippen molar-refractivity contribution >= 4 is 16.9 Å². The number of aromatic hydroxyl groups is 1. The summed E-state index contributed by atoms with van der Waals surface area (Å²) >= 11 is 0. The molecule has 1 aliphatic heterocycles. The van der Waals surface area contributed by atoms with Crippen LogP contribution in [0.3, 0.4) is 0 Å². The highest BCUT2D eigenvalue weighted by Crippen LogP contribution is 2.31. The monoisotopic (exact) mass is 572 g/mol. The molecule has 2 aliphatic rings. The SMILES string of the molecule is NC1CCC(n2c(=O)c3cc(F)cnc3n(-c3cccc(-c4ccc(O)cc4CN4CCNC(=O)CC4)c3)c2=O)CC1. The number of phenols is 1. The number of benzene rings is 2. The van der Waals surface area contributed by atoms with Crippen molar-refractivity contribution in [2.75, 3.05) is 19.6 Å². The standard InChI is InChI=1S/C31H33FN6O4/c32-21-16-27-29(35-17-21)37(31(42)38(30(27)41)23-6-4-22(33)5-7-23)24-3-1-2-19(14-24)26-9-8-25(39)15-20(26)18-36-12-10-28(40)34-11-13-36/h1-3,8-9,14-17,22-23,39H,4-7,10-13,18,33H2,(H,34,40). The summed E-state index contributed by atoms with van der Waals surface area (Å²) in [4.78, 5) is 45.7. The molecule has 0 radical (unpaired) electrons. The third-order valence-corrected chi connectivity index (χ3v) is 8.30. The Hall–Kier alpha value is -4.35. The van der Waals surface area contributed by atoms with Crippen molar-refractivity contribution in [2.24, 2.45) is 5.73 Å². The van der Waals surface area contributed by atoms with Crippen molar-refractivity contribution in [3.05, 3.63) is 86.9 Å². The zero-order valence-electron chi connectivity index (χ0n) is 23.1. The molecule has 42 heavy (non-hydrogen) atoms. The molecule has 2 fully saturated rings. The van der Waals surface area contributed by atoms with Gasteiger partial charge in [-0.25, -0.2) is 18.7 Å². The molecule has 2 aromatic heterocycles. The van der Waals surface area contributed by atoms with Crippen LogP contribution in [0.15, 0.2) is 64.3 Å². The zero-order valence-corrected chi connectivity index (χ0v) is 23.1. The Morgan fingerprint density at radius 1 is 1.02 bits per heavy atom. The van der Waals surface area contributed by atoms with Crippen molar-refractivity contribution in [2.45, 2.75) is 50.7 Å². The maximum absolute atomic E-state index is 14.3. The Morgan fingerprint density at radius 2 is 1.83 bits per heavy atom. The Balaban J connectivity index is 1.46. The summed E-state index contributed by atoms with van der Waals surface area (Å²) in [7, 11) is 0. The first-order valence-electron chi connectivity index (χ1n) is 14.3. The van der Waals surface area contributed by atoms with E-state index in [1.807, 2.05) is 24.3 Å². The van der Waals surface area contributed by atoms with Crippen LogP contribution >= 0.6 is 0 Å². The van der Waals surface area contributed by atoms with Crippen LogP contribution in [0.5, 0.6) is 5.75 Å². The number of fused-ring (bicyclic) bond motifs is 1. The van der Waals surface area contributed by atoms with E-state index in [0.29, 0.717) is 64.0 Å². The highest BCUT2D eigenvalue weighted by molar-refractivity contribution is 5.77. The third-order valence-electron chi connectivity index (χ3n) is 8.30. The number of amides is 1. The number of carbonyl (C=O) groups is 1. The maximum atomic E-state index is 14.3. The summed E-state index contributed by atoms with van der Waals surface area (Å²) in [5.41, 5.74) is 8.06. The lowest BCUT2D eigenvalue weighted by atomic mass is 9.91. The Labute approximate surface area is 241 Å². The van der Waals surface area contributed by atoms with E-state index < -0.39 is 17.1 Å². The first-order chi connectivity index (χ1) is 20.3. The Kier molecular flexibility index (Phi) is 7.61. The number of hydrogen-bond donors (Lipinski definition) is 3. The molecule has 0 atom stereocenters. The lowest BCUT2D eigenvalue weighted by molar-refractivity contribution is -0.120. The number of rotatable bonds is 5. The van der Waals surface area contributed by atoms with Gasteiger partial charge >= 0.3 is 5.69 Å². The van der Waals surface area contributed by atoms with Crippen molar-refractivity contribution in [3.8, 4) is 22.6 Å². The molecule has 1 amide bonds. The molecule has 0 spiro atoms. The van der Waals surface area contributed by atoms with E-state index in [2.05, 4.69) is 15.2 Å². The van der Waals surface area contributed by atoms with E-state index in [-0.39, 0.29) is 34.8 Å². The van der Waals surface area contributed by atoms with E-state index in [0.717, 1.165) is 29.0 Å². The zero-order chi connectivity index (χ0) is 29.4. The summed E-state index contributed by atoms with van der Waals surface area (Å²) in [5, 5.41) is 13.2. The van der Waals surface area contributed by atoms with E-state index >= 15 is 0 Å². The number of carbonyl (C=O) groups excluding carboxylic acids is 1. The number of nitrogens with two attached hydrogens (primary N) is 1. The second-order valence-corrected chi connectivity index (χ2v) is 11.2. The number of phenolic OH excluding ortho intramolecular Hbond substituents is 1. The molecule has 0 bridgehead atoms. The summed E-state index contributed by atoms with van der Waals surface area (Å²) in [6.45, 7) is 2.34. The first kappa shape index (κ1) is 27.8. The molecule has 4 aromatic rings. The van der Waals surface area contributed by atoms with Gasteiger partial charge < -0.3 is 16.2 Å². The molecule has 10 nitrogen and oxygen atoms in total. The van der Waals surface area contributed by atoms with Crippen LogP contribution in [0.1, 0.15) is 43.7 Å². The number of nitrogens with zero attached hydrogens (tertiary/aromatic N) is 4. The fourth-order valence-electron chi connectivity index (χ4n) is 6.11. The van der Waals surface area contributed by atoms with Crippen LogP contribution in [-0.4, -0.2) is 55.7 Å². The number of nitrogens with one attached hydrogen (secondary N) is 1. The van der Waals surface area contributed by atoms with Gasteiger partial charge in [-0.1, -0.05) is 18.2 Å². The highest BCUT2D eigenvalue weighted by atomic mass is 19.1. The van der Waals surface area contributed by atoms with Crippen LogP contribution in [0.25, 0.3) is 27.8 Å². The fourth-order valence-corrected chi connectivity index (χ4v) is 6.11. The molecule has 3 heterocycles. The van der Waals surface area contributed by atoms with Crippen molar-refractivity contribution in [3.63, 3.8) is 0 Å². The molecule has 1 saturated heterocycles. The van der Waals surface area contributed by atoms with Gasteiger partial charge in [0.1, 0.15) is 11.6 Å². The lowest BCUT2D eigenvalue weighted by Gasteiger charge is -2.28. The van der Waals surface area contributed by atoms with Crippen molar-refractivity contribution in [1.82, 2.24) is 24.3 Å². The predicted octanol–water partition coefficient (Wildman–Crippen LogP) is 2.82. The molecule has 218 valence electrons. The first-order valence-corrected chi connectivity index (χ1v) is 14.3. The van der Waals surface area contributed by atoms with E-state index in [1.54, 1.807) is 18.2 Å². The van der Waals surface area contributed by atoms with Crippen LogP contribution in [-0.2, 0) is 11.3 Å². The van der Waals surface area contributed by atoms with Gasteiger partial charge in [-0.05, 0) is 72.7 Å². The molecule has 2 aromatic carbocycles. The van der Waals surface area contributed by atoms with E-state index in [9.17, 15) is 23.9 Å². The molecular weight excluding hydrogens is 539 g/mol. The average Bonchev–Trinajstić information content (AvgIpc) is 3.18. The fraction of sp³-hybridized carbons (Fsp3) is 0.355. The minimum atomic E-state index is -0.657. The number of aromatic nitrogens is 3. The largest absolute Gasteiger partial charge is 0.508 e. The number of hydrogen-bond acceptors (Lipinski definition) is 7. The van der Waals surface area contributed by atoms with Gasteiger partial charge in [0.15, 0.2) is 5.65 Å². The third kappa shape index (κ3) is 5.45. The average molecular weight is 573 g/mol. The van der Waals surface area contributed by atoms with Gasteiger partial charge in [0.25, 0.3) is 5.56 Å². The minimum absolute atomic E-state index is 0.0184. The van der Waals surface area contributed by atoms with Crippen molar-refractivity contribution in [1.29, 1.82) is 0 Å². The molecule has 1 aliphatic carbocycles. The maximum Gasteiger partial charge on any atom is 0.337 e. The second kappa shape index (κ2) is 11.5. The highest BCUT2D eigenvalue weighted by Gasteiger charge is 2.26. The van der Waals surface area contributed by atoms with Gasteiger partial charge in [-0.2, -0.15) is 0 Å². The van der Waals surface area contributed by atoms with Crippen LogP contribution in [0.2, 0.25) is 0 Å². The summed E-state index contributed by atoms with van der Waals surface area (Å²) in [5.74, 6) is -0.513. The van der Waals surface area contributed by atoms with Crippen LogP contribution in [0, 0.1) is 5.82 Å². The molecule has 4 N–H and O–H groups in total. The smallest absolute Gasteiger partial charge is 0.337 e. The van der Waals surface area contributed by atoms with Gasteiger partial charge in [0, 0.05) is 44.7 Å². The lowest BCUT2D eigenvalue weighted by Crippen LogP contribution is -2.44. The van der Waals surface area contributed by atoms with Gasteiger partial charge in [-0.3, -0.25) is 19.1 Å². The quantitative estimate of drug-likeness (QED) is 0.335. The molecule has 0 unspecified atom stereocenters. The van der Waals surface area contributed by atoms with Gasteiger partial charge in [-0.15, -0.1) is 0 Å². The second-order valence-electron chi connectivity index (χ2n) is 11.2. The molecule has 1 saturated carbocycles. The Morgan fingerprint density at radius 3 is 2.64 bits per heavy atom.